The molecular formula is C13H18BrNO3S. The van der Waals surface area contributed by atoms with Gasteiger partial charge in [0, 0.05) is 22.3 Å². The van der Waals surface area contributed by atoms with Crippen LogP contribution >= 0.6 is 27.7 Å². The van der Waals surface area contributed by atoms with Gasteiger partial charge in [-0.3, -0.25) is 0 Å². The van der Waals surface area contributed by atoms with E-state index in [2.05, 4.69) is 21.2 Å². The first-order valence-corrected chi connectivity index (χ1v) is 7.96. The molecule has 106 valence electrons. The lowest BCUT2D eigenvalue weighted by Gasteiger charge is -2.21. The summed E-state index contributed by atoms with van der Waals surface area (Å²) in [6, 6.07) is 5.15. The molecule has 19 heavy (non-hydrogen) atoms. The summed E-state index contributed by atoms with van der Waals surface area (Å²) < 4.78 is 0.775. The van der Waals surface area contributed by atoms with Crippen molar-refractivity contribution in [3.63, 3.8) is 0 Å². The predicted octanol–water partition coefficient (Wildman–Crippen LogP) is 2.35. The van der Waals surface area contributed by atoms with Crippen molar-refractivity contribution in [2.45, 2.75) is 24.8 Å². The highest BCUT2D eigenvalue weighted by Crippen LogP contribution is 2.19. The number of aliphatic hydroxyl groups is 1. The Morgan fingerprint density at radius 3 is 2.68 bits per heavy atom. The summed E-state index contributed by atoms with van der Waals surface area (Å²) in [5, 5.41) is 21.6. The summed E-state index contributed by atoms with van der Waals surface area (Å²) in [5.41, 5.74) is 1.26. The van der Waals surface area contributed by atoms with Gasteiger partial charge in [0.2, 0.25) is 0 Å². The van der Waals surface area contributed by atoms with E-state index in [0.717, 1.165) is 10.0 Å². The third kappa shape index (κ3) is 4.80. The van der Waals surface area contributed by atoms with Crippen molar-refractivity contribution < 1.29 is 15.0 Å². The summed E-state index contributed by atoms with van der Waals surface area (Å²) in [7, 11) is 0. The molecule has 4 nitrogen and oxygen atoms in total. The van der Waals surface area contributed by atoms with Crippen molar-refractivity contribution in [3.8, 4) is 0 Å². The molecule has 0 saturated heterocycles. The van der Waals surface area contributed by atoms with E-state index in [1.807, 2.05) is 13.2 Å². The Balaban J connectivity index is 2.65. The normalized spacial score (nSPS) is 14.1. The summed E-state index contributed by atoms with van der Waals surface area (Å²) in [4.78, 5) is 10.8. The van der Waals surface area contributed by atoms with Gasteiger partial charge in [-0.05, 0) is 30.9 Å². The zero-order valence-corrected chi connectivity index (χ0v) is 13.3. The topological polar surface area (TPSA) is 69.6 Å². The molecule has 0 spiro atoms. The van der Waals surface area contributed by atoms with Gasteiger partial charge in [0.15, 0.2) is 0 Å². The molecule has 0 saturated carbocycles. The first-order chi connectivity index (χ1) is 8.99. The van der Waals surface area contributed by atoms with Crippen LogP contribution in [0.15, 0.2) is 22.7 Å². The molecule has 2 unspecified atom stereocenters. The Hall–Kier alpha value is -0.560. The van der Waals surface area contributed by atoms with Gasteiger partial charge in [-0.25, -0.2) is 4.79 Å². The van der Waals surface area contributed by atoms with Gasteiger partial charge in [0.25, 0.3) is 0 Å². The third-order valence-electron chi connectivity index (χ3n) is 2.95. The standard InChI is InChI=1S/C13H18BrNO3S/c1-8(12(7-16)19-2)15-6-10-4-3-9(13(17)18)5-11(10)14/h3-5,8,12,15-16H,6-7H2,1-2H3,(H,17,18). The number of aromatic carboxylic acids is 1. The van der Waals surface area contributed by atoms with Crippen molar-refractivity contribution in [3.05, 3.63) is 33.8 Å². The Labute approximate surface area is 125 Å². The average molecular weight is 348 g/mol. The molecule has 0 aliphatic carbocycles. The predicted molar refractivity (Wildman–Crippen MR) is 81.8 cm³/mol. The molecule has 0 aromatic heterocycles. The van der Waals surface area contributed by atoms with Crippen molar-refractivity contribution >= 4 is 33.7 Å². The number of aliphatic hydroxyl groups excluding tert-OH is 1. The lowest BCUT2D eigenvalue weighted by Crippen LogP contribution is -2.37. The number of halogens is 1. The molecule has 0 aliphatic rings. The highest BCUT2D eigenvalue weighted by atomic mass is 79.9. The summed E-state index contributed by atoms with van der Waals surface area (Å²) >= 11 is 5.00. The van der Waals surface area contributed by atoms with Gasteiger partial charge in [0.1, 0.15) is 0 Å². The summed E-state index contributed by atoms with van der Waals surface area (Å²) in [6.07, 6.45) is 1.97. The quantitative estimate of drug-likeness (QED) is 0.706. The van der Waals surface area contributed by atoms with Gasteiger partial charge in [-0.2, -0.15) is 11.8 Å². The van der Waals surface area contributed by atoms with E-state index >= 15 is 0 Å². The number of rotatable bonds is 7. The van der Waals surface area contributed by atoms with Gasteiger partial charge >= 0.3 is 5.97 Å². The molecular weight excluding hydrogens is 330 g/mol. The first-order valence-electron chi connectivity index (χ1n) is 5.88. The monoisotopic (exact) mass is 347 g/mol. The lowest BCUT2D eigenvalue weighted by molar-refractivity contribution is 0.0697. The highest BCUT2D eigenvalue weighted by molar-refractivity contribution is 9.10. The largest absolute Gasteiger partial charge is 0.478 e. The van der Waals surface area contributed by atoms with Gasteiger partial charge in [-0.1, -0.05) is 22.0 Å². The fourth-order valence-electron chi connectivity index (χ4n) is 1.66. The second kappa shape index (κ2) is 7.89. The maximum Gasteiger partial charge on any atom is 0.335 e. The van der Waals surface area contributed by atoms with E-state index in [1.165, 1.54) is 0 Å². The number of nitrogens with one attached hydrogen (secondary N) is 1. The Bertz CT molecular complexity index is 438. The van der Waals surface area contributed by atoms with Crippen LogP contribution in [0.3, 0.4) is 0 Å². The second-order valence-corrected chi connectivity index (χ2v) is 6.17. The molecule has 1 aromatic rings. The van der Waals surface area contributed by atoms with Crippen LogP contribution in [0.4, 0.5) is 0 Å². The average Bonchev–Trinajstić information content (AvgIpc) is 2.38. The summed E-state index contributed by atoms with van der Waals surface area (Å²) in [5.74, 6) is -0.934. The molecule has 0 fully saturated rings. The fraction of sp³-hybridized carbons (Fsp3) is 0.462. The number of carboxylic acid groups (broad SMARTS) is 1. The van der Waals surface area contributed by atoms with E-state index in [0.29, 0.717) is 6.54 Å². The zero-order chi connectivity index (χ0) is 14.4. The SMILES string of the molecule is CSC(CO)C(C)NCc1ccc(C(=O)O)cc1Br. The van der Waals surface area contributed by atoms with Crippen LogP contribution in [0.2, 0.25) is 0 Å². The van der Waals surface area contributed by atoms with E-state index in [4.69, 9.17) is 5.11 Å². The number of carboxylic acids is 1. The molecule has 0 aliphatic heterocycles. The molecule has 0 amide bonds. The minimum absolute atomic E-state index is 0.133. The molecule has 1 rings (SSSR count). The molecule has 2 atom stereocenters. The minimum atomic E-state index is -0.934. The Morgan fingerprint density at radius 2 is 2.21 bits per heavy atom. The smallest absolute Gasteiger partial charge is 0.335 e. The number of hydrogen-bond donors (Lipinski definition) is 3. The molecule has 0 heterocycles. The maximum atomic E-state index is 10.8. The van der Waals surface area contributed by atoms with Crippen molar-refractivity contribution in [1.82, 2.24) is 5.32 Å². The maximum absolute atomic E-state index is 10.8. The van der Waals surface area contributed by atoms with E-state index in [1.54, 1.807) is 30.0 Å². The summed E-state index contributed by atoms with van der Waals surface area (Å²) in [6.45, 7) is 2.78. The van der Waals surface area contributed by atoms with Gasteiger partial charge < -0.3 is 15.5 Å². The van der Waals surface area contributed by atoms with Crippen molar-refractivity contribution in [2.24, 2.45) is 0 Å². The molecule has 0 radical (unpaired) electrons. The van der Waals surface area contributed by atoms with Crippen LogP contribution in [-0.4, -0.2) is 40.3 Å². The van der Waals surface area contributed by atoms with Crippen molar-refractivity contribution in [1.29, 1.82) is 0 Å². The third-order valence-corrected chi connectivity index (χ3v) is 4.86. The minimum Gasteiger partial charge on any atom is -0.478 e. The molecule has 1 aromatic carbocycles. The van der Waals surface area contributed by atoms with E-state index in [9.17, 15) is 9.90 Å². The lowest BCUT2D eigenvalue weighted by atomic mass is 10.1. The van der Waals surface area contributed by atoms with Crippen LogP contribution < -0.4 is 5.32 Å². The van der Waals surface area contributed by atoms with Crippen LogP contribution in [-0.2, 0) is 6.54 Å². The second-order valence-electron chi connectivity index (χ2n) is 4.24. The zero-order valence-electron chi connectivity index (χ0n) is 10.9. The first kappa shape index (κ1) is 16.5. The van der Waals surface area contributed by atoms with Crippen LogP contribution in [0.1, 0.15) is 22.8 Å². The highest BCUT2D eigenvalue weighted by Gasteiger charge is 2.15. The van der Waals surface area contributed by atoms with Crippen LogP contribution in [0.5, 0.6) is 0 Å². The molecule has 6 heteroatoms. The Morgan fingerprint density at radius 1 is 1.53 bits per heavy atom. The van der Waals surface area contributed by atoms with Crippen LogP contribution in [0.25, 0.3) is 0 Å². The van der Waals surface area contributed by atoms with Crippen molar-refractivity contribution in [2.75, 3.05) is 12.9 Å². The number of benzene rings is 1. The van der Waals surface area contributed by atoms with Gasteiger partial charge in [-0.15, -0.1) is 0 Å². The fourth-order valence-corrected chi connectivity index (χ4v) is 2.84. The van der Waals surface area contributed by atoms with Gasteiger partial charge in [0.05, 0.1) is 12.2 Å². The van der Waals surface area contributed by atoms with E-state index < -0.39 is 5.97 Å². The number of thioether (sulfide) groups is 1. The number of hydrogen-bond acceptors (Lipinski definition) is 4. The van der Waals surface area contributed by atoms with Crippen LogP contribution in [0, 0.1) is 0 Å². The Kier molecular flexibility index (Phi) is 6.85. The number of carbonyl (C=O) groups is 1. The molecule has 3 N–H and O–H groups in total. The molecule has 0 bridgehead atoms. The van der Waals surface area contributed by atoms with E-state index in [-0.39, 0.29) is 23.5 Å².